The summed E-state index contributed by atoms with van der Waals surface area (Å²) < 4.78 is 0. The van der Waals surface area contributed by atoms with Crippen LogP contribution >= 0.6 is 0 Å². The molecular formula is C26H56S2Sn. The first-order chi connectivity index (χ1) is 13.3. The Morgan fingerprint density at radius 2 is 0.655 bits per heavy atom. The van der Waals surface area contributed by atoms with Crippen LogP contribution in [0.25, 0.3) is 0 Å². The Morgan fingerprint density at radius 1 is 0.483 bits per heavy atom. The summed E-state index contributed by atoms with van der Waals surface area (Å²) in [6, 6.07) is 0. The average molecular weight is 552 g/mol. The van der Waals surface area contributed by atoms with E-state index in [0.717, 1.165) is 11.5 Å². The summed E-state index contributed by atoms with van der Waals surface area (Å²) in [6.07, 6.45) is 19.2. The van der Waals surface area contributed by atoms with Gasteiger partial charge in [-0.3, -0.25) is 0 Å². The van der Waals surface area contributed by atoms with Gasteiger partial charge in [0, 0.05) is 0 Å². The maximum Gasteiger partial charge on any atom is 2.00 e. The van der Waals surface area contributed by atoms with Gasteiger partial charge in [0.15, 0.2) is 0 Å². The van der Waals surface area contributed by atoms with Gasteiger partial charge in [-0.15, -0.1) is 0 Å². The number of hydrogen-bond donors (Lipinski definition) is 0. The monoisotopic (exact) mass is 552 g/mol. The van der Waals surface area contributed by atoms with Gasteiger partial charge in [-0.25, -0.2) is 0 Å². The molecule has 0 bridgehead atoms. The molecule has 0 amide bonds. The van der Waals surface area contributed by atoms with Gasteiger partial charge in [-0.2, -0.15) is 11.5 Å². The van der Waals surface area contributed by atoms with Crippen LogP contribution < -0.4 is 0 Å². The van der Waals surface area contributed by atoms with Crippen LogP contribution in [0.1, 0.15) is 131 Å². The summed E-state index contributed by atoms with van der Waals surface area (Å²) in [5.41, 5.74) is 0. The van der Waals surface area contributed by atoms with Crippen LogP contribution in [0.4, 0.5) is 0 Å². The molecular weight excluding hydrogens is 495 g/mol. The first-order valence-electron chi connectivity index (χ1n) is 12.1. The molecule has 0 aliphatic heterocycles. The first kappa shape index (κ1) is 40.8. The predicted molar refractivity (Wildman–Crippen MR) is 147 cm³/mol. The standard InChI is InChI=1S/2C9H20S.2C4H9.Sn/c2*1-2-3-4-5-6-7-8-9-10;2*1-4(2)3;/h2*10H,2-9H2,1H3;2*4H,1H2,2-3H3;/q;;;;+2/p-2. The molecule has 0 spiro atoms. The van der Waals surface area contributed by atoms with Crippen LogP contribution in [0.5, 0.6) is 0 Å². The van der Waals surface area contributed by atoms with E-state index in [2.05, 4.69) is 55.4 Å². The molecule has 0 aliphatic rings. The summed E-state index contributed by atoms with van der Waals surface area (Å²) in [5.74, 6) is 3.07. The van der Waals surface area contributed by atoms with Crippen molar-refractivity contribution in [1.82, 2.24) is 0 Å². The van der Waals surface area contributed by atoms with Crippen molar-refractivity contribution in [3.8, 4) is 0 Å². The van der Waals surface area contributed by atoms with Crippen LogP contribution in [-0.2, 0) is 25.3 Å². The zero-order valence-electron chi connectivity index (χ0n) is 21.2. The minimum absolute atomic E-state index is 0. The molecule has 0 aliphatic carbocycles. The topological polar surface area (TPSA) is 0 Å². The number of unbranched alkanes of at least 4 members (excludes halogenated alkanes) is 12. The third kappa shape index (κ3) is 92.9. The Morgan fingerprint density at radius 3 is 0.828 bits per heavy atom. The van der Waals surface area contributed by atoms with Gasteiger partial charge in [-0.05, 0) is 11.8 Å². The zero-order valence-corrected chi connectivity index (χ0v) is 25.7. The van der Waals surface area contributed by atoms with Gasteiger partial charge >= 0.3 is 23.9 Å². The van der Waals surface area contributed by atoms with Crippen molar-refractivity contribution in [2.45, 2.75) is 131 Å². The molecule has 0 aromatic carbocycles. The van der Waals surface area contributed by atoms with Gasteiger partial charge in [-0.1, -0.05) is 145 Å². The molecule has 3 heteroatoms. The molecule has 0 saturated carbocycles. The van der Waals surface area contributed by atoms with Gasteiger partial charge in [0.05, 0.1) is 0 Å². The Bertz CT molecular complexity index is 165. The van der Waals surface area contributed by atoms with Crippen LogP contribution in [-0.4, -0.2) is 35.4 Å². The molecule has 0 unspecified atom stereocenters. The molecule has 29 heavy (non-hydrogen) atoms. The molecule has 0 nitrogen and oxygen atoms in total. The molecule has 0 N–H and O–H groups in total. The summed E-state index contributed by atoms with van der Waals surface area (Å²) in [4.78, 5) is 0. The molecule has 176 valence electrons. The second-order valence-corrected chi connectivity index (χ2v) is 9.26. The van der Waals surface area contributed by atoms with Crippen molar-refractivity contribution in [2.75, 3.05) is 11.5 Å². The van der Waals surface area contributed by atoms with Crippen molar-refractivity contribution in [2.24, 2.45) is 11.8 Å². The number of rotatable bonds is 14. The second kappa shape index (κ2) is 43.4. The van der Waals surface area contributed by atoms with Gasteiger partial charge in [0.2, 0.25) is 0 Å². The van der Waals surface area contributed by atoms with E-state index in [1.54, 1.807) is 0 Å². The van der Waals surface area contributed by atoms with Gasteiger partial charge in [0.25, 0.3) is 0 Å². The van der Waals surface area contributed by atoms with E-state index in [1.807, 2.05) is 0 Å². The van der Waals surface area contributed by atoms with Crippen molar-refractivity contribution < 1.29 is 0 Å². The fourth-order valence-electron chi connectivity index (χ4n) is 2.12. The summed E-state index contributed by atoms with van der Waals surface area (Å²) in [5, 5.41) is 0. The zero-order chi connectivity index (χ0) is 22.5. The van der Waals surface area contributed by atoms with Crippen molar-refractivity contribution in [3.05, 3.63) is 13.8 Å². The fraction of sp³-hybridized carbons (Fsp3) is 0.923. The van der Waals surface area contributed by atoms with Crippen LogP contribution in [0.3, 0.4) is 0 Å². The Balaban J connectivity index is -0.0000000950. The van der Waals surface area contributed by atoms with Gasteiger partial charge in [0.1, 0.15) is 0 Å². The maximum absolute atomic E-state index is 4.85. The third-order valence-electron chi connectivity index (χ3n) is 3.50. The molecule has 0 rings (SSSR count). The smallest absolute Gasteiger partial charge is 0.793 e. The molecule has 0 heterocycles. The van der Waals surface area contributed by atoms with Crippen molar-refractivity contribution >= 4 is 49.2 Å². The molecule has 0 aromatic heterocycles. The molecule has 0 saturated heterocycles. The Labute approximate surface area is 216 Å². The summed E-state index contributed by atoms with van der Waals surface area (Å²) in [7, 11) is 0. The van der Waals surface area contributed by atoms with Crippen LogP contribution in [0, 0.1) is 25.7 Å². The van der Waals surface area contributed by atoms with Crippen molar-refractivity contribution in [3.63, 3.8) is 0 Å². The number of hydrogen-bond acceptors (Lipinski definition) is 2. The quantitative estimate of drug-likeness (QED) is 0.120. The SMILES string of the molecule is CCCCCCCCC[S-].CCCCCCCCC[S-].[CH2]C(C)C.[CH2]C(C)C.[Sn+2]. The summed E-state index contributed by atoms with van der Waals surface area (Å²) in [6.45, 7) is 20.0. The minimum atomic E-state index is 0. The second-order valence-electron chi connectivity index (χ2n) is 8.44. The van der Waals surface area contributed by atoms with E-state index in [4.69, 9.17) is 25.3 Å². The molecule has 0 atom stereocenters. The summed E-state index contributed by atoms with van der Waals surface area (Å²) >= 11 is 9.71. The van der Waals surface area contributed by atoms with E-state index in [1.165, 1.54) is 89.9 Å². The maximum atomic E-state index is 4.85. The van der Waals surface area contributed by atoms with E-state index < -0.39 is 0 Å². The van der Waals surface area contributed by atoms with E-state index >= 15 is 0 Å². The van der Waals surface area contributed by atoms with Gasteiger partial charge < -0.3 is 25.3 Å². The van der Waals surface area contributed by atoms with Crippen molar-refractivity contribution in [1.29, 1.82) is 0 Å². The van der Waals surface area contributed by atoms with Crippen LogP contribution in [0.2, 0.25) is 0 Å². The largest absolute Gasteiger partial charge is 2.00 e. The predicted octanol–water partition coefficient (Wildman–Crippen LogP) is 9.14. The van der Waals surface area contributed by atoms with E-state index in [-0.39, 0.29) is 23.9 Å². The van der Waals surface area contributed by atoms with E-state index in [0.29, 0.717) is 11.8 Å². The minimum Gasteiger partial charge on any atom is -0.793 e. The Kier molecular flexibility index (Phi) is 61.1. The third-order valence-corrected chi connectivity index (χ3v) is 4.07. The molecule has 0 fully saturated rings. The normalized spacial score (nSPS) is 9.52. The van der Waals surface area contributed by atoms with E-state index in [9.17, 15) is 0 Å². The Hall–Kier alpha value is 1.50. The van der Waals surface area contributed by atoms with Crippen LogP contribution in [0.15, 0.2) is 0 Å². The average Bonchev–Trinajstić information content (AvgIpc) is 2.61. The molecule has 0 aromatic rings. The fourth-order valence-corrected chi connectivity index (χ4v) is 2.53. The molecule has 4 radical (unpaired) electrons. The first-order valence-corrected chi connectivity index (χ1v) is 13.3.